The van der Waals surface area contributed by atoms with Crippen molar-refractivity contribution in [1.82, 2.24) is 0 Å². The van der Waals surface area contributed by atoms with Crippen LogP contribution in [0.2, 0.25) is 5.02 Å². The Hall–Kier alpha value is -1.03. The Morgan fingerprint density at radius 3 is 2.20 bits per heavy atom. The third kappa shape index (κ3) is 4.83. The minimum absolute atomic E-state index is 0.212. The second-order valence-electron chi connectivity index (χ2n) is 3.13. The molecule has 0 spiro atoms. The second kappa shape index (κ2) is 4.66. The zero-order valence-electron chi connectivity index (χ0n) is 7.64. The van der Waals surface area contributed by atoms with Crippen LogP contribution in [-0.4, -0.2) is 12.0 Å². The quantitative estimate of drug-likeness (QED) is 0.786. The molecule has 1 aromatic carbocycles. The summed E-state index contributed by atoms with van der Waals surface area (Å²) in [6, 6.07) is 6.16. The maximum absolute atomic E-state index is 11.8. The molecule has 0 saturated carbocycles. The molecule has 0 unspecified atom stereocenters. The first-order valence-electron chi connectivity index (χ1n) is 4.20. The number of alkyl halides is 3. The van der Waals surface area contributed by atoms with Gasteiger partial charge in [-0.15, -0.1) is 0 Å². The molecule has 0 bridgehead atoms. The lowest BCUT2D eigenvalue weighted by Crippen LogP contribution is -2.16. The van der Waals surface area contributed by atoms with Crippen molar-refractivity contribution in [1.29, 1.82) is 0 Å². The van der Waals surface area contributed by atoms with Crippen molar-refractivity contribution in [3.05, 3.63) is 34.9 Å². The third-order valence-electron chi connectivity index (χ3n) is 1.71. The van der Waals surface area contributed by atoms with Crippen LogP contribution in [0.15, 0.2) is 24.3 Å². The predicted octanol–water partition coefficient (Wildman–Crippen LogP) is 3.40. The van der Waals surface area contributed by atoms with Gasteiger partial charge >= 0.3 is 6.18 Å². The van der Waals surface area contributed by atoms with E-state index in [1.807, 2.05) is 0 Å². The van der Waals surface area contributed by atoms with Gasteiger partial charge in [0.25, 0.3) is 0 Å². The van der Waals surface area contributed by atoms with E-state index >= 15 is 0 Å². The summed E-state index contributed by atoms with van der Waals surface area (Å²) in [7, 11) is 0. The average molecular weight is 237 g/mol. The van der Waals surface area contributed by atoms with Crippen LogP contribution >= 0.6 is 11.6 Å². The van der Waals surface area contributed by atoms with Gasteiger partial charge in [-0.3, -0.25) is 4.79 Å². The van der Waals surface area contributed by atoms with Gasteiger partial charge in [0.2, 0.25) is 0 Å². The van der Waals surface area contributed by atoms with Crippen LogP contribution in [0, 0.1) is 0 Å². The molecule has 0 aromatic heterocycles. The van der Waals surface area contributed by atoms with Crippen LogP contribution in [0.1, 0.15) is 12.0 Å². The van der Waals surface area contributed by atoms with Crippen LogP contribution < -0.4 is 0 Å². The molecule has 0 saturated heterocycles. The van der Waals surface area contributed by atoms with Crippen molar-refractivity contribution in [2.24, 2.45) is 0 Å². The summed E-state index contributed by atoms with van der Waals surface area (Å²) in [5.74, 6) is -0.843. The monoisotopic (exact) mass is 236 g/mol. The van der Waals surface area contributed by atoms with Gasteiger partial charge in [0, 0.05) is 11.4 Å². The van der Waals surface area contributed by atoms with Crippen LogP contribution in [0.4, 0.5) is 13.2 Å². The molecular formula is C10H8ClF3O. The number of hydrogen-bond donors (Lipinski definition) is 0. The van der Waals surface area contributed by atoms with Gasteiger partial charge < -0.3 is 0 Å². The van der Waals surface area contributed by atoms with Crippen molar-refractivity contribution in [2.45, 2.75) is 19.0 Å². The minimum Gasteiger partial charge on any atom is -0.299 e. The normalized spacial score (nSPS) is 11.5. The van der Waals surface area contributed by atoms with Crippen molar-refractivity contribution in [3.8, 4) is 0 Å². The SMILES string of the molecule is O=C(Cc1ccc(Cl)cc1)CC(F)(F)F. The van der Waals surface area contributed by atoms with Crippen molar-refractivity contribution in [2.75, 3.05) is 0 Å². The van der Waals surface area contributed by atoms with Gasteiger partial charge in [0.15, 0.2) is 0 Å². The zero-order chi connectivity index (χ0) is 11.5. The highest BCUT2D eigenvalue weighted by molar-refractivity contribution is 6.30. The Morgan fingerprint density at radius 1 is 1.20 bits per heavy atom. The summed E-state index contributed by atoms with van der Waals surface area (Å²) >= 11 is 5.59. The number of halogens is 4. The van der Waals surface area contributed by atoms with Gasteiger partial charge in [0.05, 0.1) is 0 Å². The number of benzene rings is 1. The summed E-state index contributed by atoms with van der Waals surface area (Å²) in [6.45, 7) is 0. The highest BCUT2D eigenvalue weighted by Gasteiger charge is 2.30. The lowest BCUT2D eigenvalue weighted by atomic mass is 10.1. The van der Waals surface area contributed by atoms with Gasteiger partial charge in [-0.2, -0.15) is 13.2 Å². The number of hydrogen-bond acceptors (Lipinski definition) is 1. The Morgan fingerprint density at radius 2 is 1.73 bits per heavy atom. The fourth-order valence-corrected chi connectivity index (χ4v) is 1.24. The number of rotatable bonds is 3. The predicted molar refractivity (Wildman–Crippen MR) is 50.8 cm³/mol. The Kier molecular flexibility index (Phi) is 3.74. The lowest BCUT2D eigenvalue weighted by molar-refractivity contribution is -0.151. The molecule has 0 radical (unpaired) electrons. The fourth-order valence-electron chi connectivity index (χ4n) is 1.12. The Bertz CT molecular complexity index is 343. The smallest absolute Gasteiger partial charge is 0.299 e. The molecule has 0 fully saturated rings. The van der Waals surface area contributed by atoms with E-state index in [-0.39, 0.29) is 6.42 Å². The van der Waals surface area contributed by atoms with E-state index in [0.29, 0.717) is 10.6 Å². The first-order valence-corrected chi connectivity index (χ1v) is 4.57. The van der Waals surface area contributed by atoms with Crippen LogP contribution in [0.25, 0.3) is 0 Å². The Labute approximate surface area is 89.9 Å². The molecule has 0 aliphatic rings. The molecule has 15 heavy (non-hydrogen) atoms. The summed E-state index contributed by atoms with van der Waals surface area (Å²) in [5.41, 5.74) is 0.536. The minimum atomic E-state index is -4.43. The molecule has 0 N–H and O–H groups in total. The van der Waals surface area contributed by atoms with E-state index < -0.39 is 18.4 Å². The molecule has 0 aliphatic heterocycles. The molecule has 1 rings (SSSR count). The molecule has 5 heteroatoms. The van der Waals surface area contributed by atoms with Crippen molar-refractivity contribution >= 4 is 17.4 Å². The maximum atomic E-state index is 11.8. The summed E-state index contributed by atoms with van der Waals surface area (Å²) in [5, 5.41) is 0.488. The molecule has 1 nitrogen and oxygen atoms in total. The third-order valence-corrected chi connectivity index (χ3v) is 1.96. The largest absolute Gasteiger partial charge is 0.395 e. The molecule has 0 heterocycles. The van der Waals surface area contributed by atoms with E-state index in [0.717, 1.165) is 0 Å². The number of Topliss-reactive ketones (excluding diaryl/α,β-unsaturated/α-hetero) is 1. The van der Waals surface area contributed by atoms with Crippen LogP contribution in [0.3, 0.4) is 0 Å². The Balaban J connectivity index is 2.55. The standard InChI is InChI=1S/C10H8ClF3O/c11-8-3-1-7(2-4-8)5-9(15)6-10(12,13)14/h1-4H,5-6H2. The van der Waals surface area contributed by atoms with Gasteiger partial charge in [0.1, 0.15) is 12.2 Å². The lowest BCUT2D eigenvalue weighted by Gasteiger charge is -2.05. The van der Waals surface area contributed by atoms with Crippen molar-refractivity contribution in [3.63, 3.8) is 0 Å². The summed E-state index contributed by atoms with van der Waals surface area (Å²) in [6.07, 6.45) is -6.02. The molecule has 82 valence electrons. The number of ketones is 1. The highest BCUT2D eigenvalue weighted by Crippen LogP contribution is 2.21. The van der Waals surface area contributed by atoms with E-state index in [4.69, 9.17) is 11.6 Å². The van der Waals surface area contributed by atoms with Crippen LogP contribution in [0.5, 0.6) is 0 Å². The average Bonchev–Trinajstić information content (AvgIpc) is 2.05. The number of carbonyl (C=O) groups excluding carboxylic acids is 1. The molecule has 1 aromatic rings. The fraction of sp³-hybridized carbons (Fsp3) is 0.300. The van der Waals surface area contributed by atoms with Gasteiger partial charge in [-0.1, -0.05) is 23.7 Å². The van der Waals surface area contributed by atoms with Gasteiger partial charge in [-0.05, 0) is 17.7 Å². The van der Waals surface area contributed by atoms with Crippen molar-refractivity contribution < 1.29 is 18.0 Å². The number of carbonyl (C=O) groups is 1. The first kappa shape index (κ1) is 12.0. The van der Waals surface area contributed by atoms with E-state index in [2.05, 4.69) is 0 Å². The van der Waals surface area contributed by atoms with Gasteiger partial charge in [-0.25, -0.2) is 0 Å². The van der Waals surface area contributed by atoms with Crippen LogP contribution in [-0.2, 0) is 11.2 Å². The molecular weight excluding hydrogens is 229 g/mol. The van der Waals surface area contributed by atoms with E-state index in [9.17, 15) is 18.0 Å². The first-order chi connectivity index (χ1) is 6.87. The van der Waals surface area contributed by atoms with E-state index in [1.165, 1.54) is 24.3 Å². The molecule has 0 aliphatic carbocycles. The summed E-state index contributed by atoms with van der Waals surface area (Å²) < 4.78 is 35.5. The summed E-state index contributed by atoms with van der Waals surface area (Å²) in [4.78, 5) is 11.0. The topological polar surface area (TPSA) is 17.1 Å². The second-order valence-corrected chi connectivity index (χ2v) is 3.57. The zero-order valence-corrected chi connectivity index (χ0v) is 8.40. The maximum Gasteiger partial charge on any atom is 0.395 e. The molecule has 0 amide bonds. The molecule has 0 atom stereocenters. The highest BCUT2D eigenvalue weighted by atomic mass is 35.5. The van der Waals surface area contributed by atoms with E-state index in [1.54, 1.807) is 0 Å².